The number of anilines is 2. The smallest absolute Gasteiger partial charge is 0.431 e. The van der Waals surface area contributed by atoms with Gasteiger partial charge in [-0.25, -0.2) is 4.39 Å². The Balaban J connectivity index is 0.000000236. The Kier molecular flexibility index (Phi) is 13.0. The molecule has 6 N–H and O–H groups in total. The second kappa shape index (κ2) is 16.2. The zero-order chi connectivity index (χ0) is 31.7. The van der Waals surface area contributed by atoms with Crippen LogP contribution in [0.4, 0.5) is 15.8 Å². The molecule has 8 nitrogen and oxygen atoms in total. The van der Waals surface area contributed by atoms with Crippen LogP contribution in [0, 0.1) is 12.7 Å². The number of hydrogen-bond acceptors (Lipinski definition) is 8. The van der Waals surface area contributed by atoms with Crippen molar-refractivity contribution in [2.45, 2.75) is 6.92 Å². The molecule has 0 aliphatic carbocycles. The summed E-state index contributed by atoms with van der Waals surface area (Å²) in [7, 11) is -3.37. The summed E-state index contributed by atoms with van der Waals surface area (Å²) in [6.45, 7) is 1.85. The summed E-state index contributed by atoms with van der Waals surface area (Å²) in [5.74, 6) is -0.00637. The fourth-order valence-corrected chi connectivity index (χ4v) is 4.58. The van der Waals surface area contributed by atoms with Crippen molar-refractivity contribution < 1.29 is 34.0 Å². The molecule has 0 saturated carbocycles. The van der Waals surface area contributed by atoms with Gasteiger partial charge >= 0.3 is 14.2 Å². The van der Waals surface area contributed by atoms with Gasteiger partial charge in [0.05, 0.1) is 21.4 Å². The van der Waals surface area contributed by atoms with Gasteiger partial charge in [0.1, 0.15) is 5.75 Å². The Hall–Kier alpha value is -2.97. The molecule has 4 aromatic carbocycles. The van der Waals surface area contributed by atoms with E-state index in [0.29, 0.717) is 22.1 Å². The number of thiocarbonyl (C=S) groups is 2. The SMILES string of the molecule is Cc1cc(Cl)ccc1OC(=S)Nc1cccc(B(O)O)c1Cl.OB(O)c1cccc(NC(=S)Oc2ccccc2F)c1Cl. The number of para-hydroxylation sites is 1. The lowest BCUT2D eigenvalue weighted by molar-refractivity contribution is 0.424. The first-order valence-electron chi connectivity index (χ1n) is 12.1. The highest BCUT2D eigenvalue weighted by molar-refractivity contribution is 7.80. The van der Waals surface area contributed by atoms with Crippen LogP contribution in [0.15, 0.2) is 78.9 Å². The zero-order valence-corrected chi connectivity index (χ0v) is 26.0. The van der Waals surface area contributed by atoms with E-state index in [0.717, 1.165) is 5.56 Å². The predicted octanol–water partition coefficient (Wildman–Crippen LogP) is 4.69. The molecule has 4 aromatic rings. The molecule has 0 saturated heterocycles. The highest BCUT2D eigenvalue weighted by atomic mass is 35.5. The van der Waals surface area contributed by atoms with Gasteiger partial charge in [0.2, 0.25) is 0 Å². The first-order chi connectivity index (χ1) is 20.4. The summed E-state index contributed by atoms with van der Waals surface area (Å²) in [6.07, 6.45) is 0. The van der Waals surface area contributed by atoms with E-state index >= 15 is 0 Å². The van der Waals surface area contributed by atoms with Crippen LogP contribution in [0.5, 0.6) is 11.5 Å². The molecule has 0 radical (unpaired) electrons. The number of ether oxygens (including phenoxy) is 2. The van der Waals surface area contributed by atoms with Gasteiger partial charge < -0.3 is 40.2 Å². The minimum absolute atomic E-state index is 0.0236. The number of nitrogens with one attached hydrogen (secondary N) is 2. The lowest BCUT2D eigenvalue weighted by Gasteiger charge is -2.14. The van der Waals surface area contributed by atoms with Crippen LogP contribution in [0.2, 0.25) is 15.1 Å². The Morgan fingerprint density at radius 3 is 1.65 bits per heavy atom. The van der Waals surface area contributed by atoms with Crippen LogP contribution in [0.1, 0.15) is 5.56 Å². The summed E-state index contributed by atoms with van der Waals surface area (Å²) in [4.78, 5) is 0. The lowest BCUT2D eigenvalue weighted by Crippen LogP contribution is -2.31. The standard InChI is InChI=1S/C14H12BCl2NO3S.C13H10BClFNO3S/c1-8-7-9(16)5-6-12(8)21-14(22)18-11-4-2-3-10(13(11)17)15(19)20;15-12-8(14(18)19)4-3-6-10(12)17-13(21)20-11-7-2-1-5-9(11)16/h2-7,19-20H,1H3,(H,18,22);1-7,18-19H,(H,17,21). The fraction of sp³-hybridized carbons (Fsp3) is 0.0370. The molecular weight excluding hydrogens is 659 g/mol. The third-order valence-electron chi connectivity index (χ3n) is 5.47. The van der Waals surface area contributed by atoms with Crippen molar-refractivity contribution in [3.05, 3.63) is 105 Å². The van der Waals surface area contributed by atoms with Crippen LogP contribution in [0.25, 0.3) is 0 Å². The van der Waals surface area contributed by atoms with Gasteiger partial charge in [0.15, 0.2) is 11.6 Å². The van der Waals surface area contributed by atoms with E-state index < -0.39 is 20.1 Å². The fourth-order valence-electron chi connectivity index (χ4n) is 3.42. The van der Waals surface area contributed by atoms with Gasteiger partial charge in [-0.05, 0) is 79.4 Å². The maximum atomic E-state index is 13.4. The van der Waals surface area contributed by atoms with Crippen molar-refractivity contribution in [3.8, 4) is 11.5 Å². The highest BCUT2D eigenvalue weighted by Gasteiger charge is 2.19. The second-order valence-electron chi connectivity index (χ2n) is 8.53. The van der Waals surface area contributed by atoms with E-state index in [2.05, 4.69) is 10.6 Å². The molecule has 222 valence electrons. The van der Waals surface area contributed by atoms with Crippen molar-refractivity contribution in [3.63, 3.8) is 0 Å². The van der Waals surface area contributed by atoms with Crippen LogP contribution in [0.3, 0.4) is 0 Å². The molecule has 43 heavy (non-hydrogen) atoms. The summed E-state index contributed by atoms with van der Waals surface area (Å²) >= 11 is 28.1. The van der Waals surface area contributed by atoms with Crippen molar-refractivity contribution >= 4 is 106 Å². The molecule has 0 amide bonds. The zero-order valence-electron chi connectivity index (χ0n) is 22.1. The quantitative estimate of drug-likeness (QED) is 0.126. The molecular formula is C27H22B2Cl3FN2O6S2. The van der Waals surface area contributed by atoms with Crippen LogP contribution in [-0.4, -0.2) is 44.7 Å². The minimum Gasteiger partial charge on any atom is -0.431 e. The number of hydrogen-bond donors (Lipinski definition) is 6. The number of aryl methyl sites for hydroxylation is 1. The second-order valence-corrected chi connectivity index (χ2v) is 10.5. The first-order valence-corrected chi connectivity index (χ1v) is 14.1. The number of rotatable bonds is 6. The van der Waals surface area contributed by atoms with E-state index in [1.807, 2.05) is 6.92 Å². The average molecular weight is 682 g/mol. The van der Waals surface area contributed by atoms with Crippen LogP contribution < -0.4 is 31.0 Å². The largest absolute Gasteiger partial charge is 0.490 e. The minimum atomic E-state index is -1.71. The predicted molar refractivity (Wildman–Crippen MR) is 179 cm³/mol. The molecule has 0 aromatic heterocycles. The summed E-state index contributed by atoms with van der Waals surface area (Å²) in [5, 5.41) is 43.1. The molecule has 16 heteroatoms. The van der Waals surface area contributed by atoms with Gasteiger partial charge in [-0.2, -0.15) is 0 Å². The van der Waals surface area contributed by atoms with Crippen LogP contribution >= 0.6 is 59.2 Å². The van der Waals surface area contributed by atoms with Gasteiger partial charge in [-0.15, -0.1) is 0 Å². The maximum absolute atomic E-state index is 13.4. The molecule has 0 aliphatic rings. The van der Waals surface area contributed by atoms with E-state index in [9.17, 15) is 14.4 Å². The van der Waals surface area contributed by atoms with Crippen molar-refractivity contribution in [2.75, 3.05) is 10.6 Å². The average Bonchev–Trinajstić information content (AvgIpc) is 2.94. The van der Waals surface area contributed by atoms with E-state index in [-0.39, 0.29) is 37.1 Å². The molecule has 0 bridgehead atoms. The van der Waals surface area contributed by atoms with Crippen molar-refractivity contribution in [2.24, 2.45) is 0 Å². The Morgan fingerprint density at radius 1 is 0.698 bits per heavy atom. The lowest BCUT2D eigenvalue weighted by atomic mass is 9.80. The first kappa shape index (κ1) is 34.5. The molecule has 0 heterocycles. The molecule has 0 aliphatic heterocycles. The van der Waals surface area contributed by atoms with Crippen molar-refractivity contribution in [1.82, 2.24) is 0 Å². The maximum Gasteiger partial charge on any atom is 0.490 e. The summed E-state index contributed by atoms with van der Waals surface area (Å²) in [5.41, 5.74) is 1.88. The van der Waals surface area contributed by atoms with Gasteiger partial charge in [-0.1, -0.05) is 71.2 Å². The van der Waals surface area contributed by atoms with Gasteiger partial charge in [-0.3, -0.25) is 0 Å². The number of benzene rings is 4. The van der Waals surface area contributed by atoms with Gasteiger partial charge in [0, 0.05) is 15.9 Å². The van der Waals surface area contributed by atoms with E-state index in [1.54, 1.807) is 48.5 Å². The third kappa shape index (κ3) is 10.0. The molecule has 0 fully saturated rings. The molecule has 0 unspecified atom stereocenters. The number of halogens is 4. The molecule has 0 atom stereocenters. The normalized spacial score (nSPS) is 10.2. The van der Waals surface area contributed by atoms with Crippen molar-refractivity contribution in [1.29, 1.82) is 0 Å². The molecule has 0 spiro atoms. The summed E-state index contributed by atoms with van der Waals surface area (Å²) < 4.78 is 24.1. The monoisotopic (exact) mass is 680 g/mol. The van der Waals surface area contributed by atoms with Crippen LogP contribution in [-0.2, 0) is 0 Å². The molecule has 4 rings (SSSR count). The van der Waals surface area contributed by atoms with E-state index in [1.165, 1.54) is 30.3 Å². The Bertz CT molecular complexity index is 1620. The van der Waals surface area contributed by atoms with E-state index in [4.69, 9.17) is 78.8 Å². The Labute approximate surface area is 273 Å². The third-order valence-corrected chi connectivity index (χ3v) is 6.92. The Morgan fingerprint density at radius 2 is 1.19 bits per heavy atom. The highest BCUT2D eigenvalue weighted by Crippen LogP contribution is 2.24. The van der Waals surface area contributed by atoms with Gasteiger partial charge in [0.25, 0.3) is 10.3 Å². The summed E-state index contributed by atoms with van der Waals surface area (Å²) in [6, 6.07) is 20.4. The topological polar surface area (TPSA) is 123 Å².